The Morgan fingerprint density at radius 3 is 2.86 bits per heavy atom. The molecule has 1 rings (SSSR count). The van der Waals surface area contributed by atoms with E-state index in [-0.39, 0.29) is 5.54 Å². The van der Waals surface area contributed by atoms with Gasteiger partial charge in [0, 0.05) is 6.04 Å². The minimum Gasteiger partial charge on any atom is -0.295 e. The van der Waals surface area contributed by atoms with Gasteiger partial charge < -0.3 is 0 Å². The normalized spacial score (nSPS) is 25.9. The van der Waals surface area contributed by atoms with Gasteiger partial charge in [-0.2, -0.15) is 0 Å². The van der Waals surface area contributed by atoms with Crippen LogP contribution in [0.15, 0.2) is 12.2 Å². The number of rotatable bonds is 2. The van der Waals surface area contributed by atoms with E-state index in [1.807, 2.05) is 0 Å². The molecule has 0 aromatic rings. The van der Waals surface area contributed by atoms with Gasteiger partial charge in [0.1, 0.15) is 0 Å². The Kier molecular flexibility index (Phi) is 4.22. The maximum Gasteiger partial charge on any atom is 0.0745 e. The second-order valence-corrected chi connectivity index (χ2v) is 4.59. The Bertz CT molecular complexity index is 232. The summed E-state index contributed by atoms with van der Waals surface area (Å²) in [6.45, 7) is 4.11. The molecule has 0 aromatic heterocycles. The van der Waals surface area contributed by atoms with Gasteiger partial charge in [0.25, 0.3) is 0 Å². The highest BCUT2D eigenvalue weighted by molar-refractivity contribution is 5.10. The number of allylic oxidation sites excluding steroid dienone is 1. The van der Waals surface area contributed by atoms with Crippen molar-refractivity contribution in [3.63, 3.8) is 0 Å². The molecule has 0 saturated heterocycles. The van der Waals surface area contributed by atoms with E-state index in [4.69, 9.17) is 6.42 Å². The summed E-state index contributed by atoms with van der Waals surface area (Å²) in [6, 6.07) is 0.460. The lowest BCUT2D eigenvalue weighted by Gasteiger charge is -2.26. The van der Waals surface area contributed by atoms with Crippen molar-refractivity contribution >= 4 is 0 Å². The van der Waals surface area contributed by atoms with Crippen LogP contribution in [-0.2, 0) is 0 Å². The van der Waals surface area contributed by atoms with Crippen LogP contribution in [-0.4, -0.2) is 11.6 Å². The van der Waals surface area contributed by atoms with Gasteiger partial charge in [-0.3, -0.25) is 5.32 Å². The fourth-order valence-electron chi connectivity index (χ4n) is 1.79. The summed E-state index contributed by atoms with van der Waals surface area (Å²) in [4.78, 5) is 0. The molecule has 1 unspecified atom stereocenters. The summed E-state index contributed by atoms with van der Waals surface area (Å²) in [6.07, 6.45) is 16.4. The first kappa shape index (κ1) is 11.3. The molecule has 0 heterocycles. The zero-order valence-electron chi connectivity index (χ0n) is 9.34. The topological polar surface area (TPSA) is 12.0 Å². The Balaban J connectivity index is 2.50. The number of hydrogen-bond donors (Lipinski definition) is 1. The number of hydrogen-bond acceptors (Lipinski definition) is 1. The lowest BCUT2D eigenvalue weighted by Crippen LogP contribution is -2.44. The lowest BCUT2D eigenvalue weighted by atomic mass is 9.99. The van der Waals surface area contributed by atoms with Gasteiger partial charge >= 0.3 is 0 Å². The predicted molar refractivity (Wildman–Crippen MR) is 62.1 cm³/mol. The molecule has 1 aliphatic rings. The Morgan fingerprint density at radius 1 is 1.36 bits per heavy atom. The van der Waals surface area contributed by atoms with Crippen LogP contribution < -0.4 is 5.32 Å². The van der Waals surface area contributed by atoms with Crippen LogP contribution in [0.4, 0.5) is 0 Å². The first-order valence-corrected chi connectivity index (χ1v) is 5.56. The molecule has 1 atom stereocenters. The van der Waals surface area contributed by atoms with Crippen molar-refractivity contribution in [3.8, 4) is 12.3 Å². The van der Waals surface area contributed by atoms with Crippen molar-refractivity contribution in [2.24, 2.45) is 0 Å². The monoisotopic (exact) mass is 191 g/mol. The zero-order valence-corrected chi connectivity index (χ0v) is 9.34. The first-order valence-electron chi connectivity index (χ1n) is 5.56. The zero-order chi connectivity index (χ0) is 10.4. The summed E-state index contributed by atoms with van der Waals surface area (Å²) in [5, 5.41) is 3.49. The highest BCUT2D eigenvalue weighted by atomic mass is 15.0. The molecule has 0 saturated carbocycles. The summed E-state index contributed by atoms with van der Waals surface area (Å²) in [7, 11) is 0. The third-order valence-electron chi connectivity index (χ3n) is 2.66. The lowest BCUT2D eigenvalue weighted by molar-refractivity contribution is 0.415. The van der Waals surface area contributed by atoms with Crippen LogP contribution in [0, 0.1) is 12.3 Å². The quantitative estimate of drug-likeness (QED) is 0.523. The molecule has 78 valence electrons. The van der Waals surface area contributed by atoms with Crippen LogP contribution in [0.2, 0.25) is 0 Å². The second kappa shape index (κ2) is 5.22. The molecule has 0 fully saturated rings. The van der Waals surface area contributed by atoms with E-state index in [0.29, 0.717) is 6.04 Å². The summed E-state index contributed by atoms with van der Waals surface area (Å²) < 4.78 is 0. The minimum atomic E-state index is -0.186. The van der Waals surface area contributed by atoms with Crippen LogP contribution in [0.25, 0.3) is 0 Å². The van der Waals surface area contributed by atoms with Gasteiger partial charge in [0.05, 0.1) is 5.54 Å². The third-order valence-corrected chi connectivity index (χ3v) is 2.66. The van der Waals surface area contributed by atoms with Gasteiger partial charge in [-0.1, -0.05) is 30.9 Å². The van der Waals surface area contributed by atoms with Gasteiger partial charge in [-0.15, -0.1) is 6.42 Å². The maximum atomic E-state index is 5.46. The molecule has 14 heavy (non-hydrogen) atoms. The Hall–Kier alpha value is -0.740. The number of terminal acetylenes is 1. The average molecular weight is 191 g/mol. The predicted octanol–water partition coefficient (Wildman–Crippen LogP) is 2.88. The van der Waals surface area contributed by atoms with E-state index in [2.05, 4.69) is 37.2 Å². The molecule has 0 radical (unpaired) electrons. The summed E-state index contributed by atoms with van der Waals surface area (Å²) >= 11 is 0. The Morgan fingerprint density at radius 2 is 2.14 bits per heavy atom. The first-order chi connectivity index (χ1) is 6.64. The van der Waals surface area contributed by atoms with Crippen molar-refractivity contribution < 1.29 is 0 Å². The average Bonchev–Trinajstić information content (AvgIpc) is 2.10. The van der Waals surface area contributed by atoms with E-state index in [9.17, 15) is 0 Å². The van der Waals surface area contributed by atoms with E-state index in [0.717, 1.165) is 0 Å². The number of nitrogens with one attached hydrogen (secondary N) is 1. The van der Waals surface area contributed by atoms with E-state index in [1.54, 1.807) is 0 Å². The van der Waals surface area contributed by atoms with E-state index in [1.165, 1.54) is 32.1 Å². The van der Waals surface area contributed by atoms with Crippen molar-refractivity contribution in [2.45, 2.75) is 57.5 Å². The smallest absolute Gasteiger partial charge is 0.0745 e. The third kappa shape index (κ3) is 3.98. The van der Waals surface area contributed by atoms with E-state index >= 15 is 0 Å². The van der Waals surface area contributed by atoms with Crippen LogP contribution >= 0.6 is 0 Å². The highest BCUT2D eigenvalue weighted by Crippen LogP contribution is 2.14. The highest BCUT2D eigenvalue weighted by Gasteiger charge is 2.17. The minimum absolute atomic E-state index is 0.186. The second-order valence-electron chi connectivity index (χ2n) is 4.59. The van der Waals surface area contributed by atoms with Crippen molar-refractivity contribution in [3.05, 3.63) is 12.2 Å². The summed E-state index contributed by atoms with van der Waals surface area (Å²) in [5.41, 5.74) is -0.186. The van der Waals surface area contributed by atoms with Crippen molar-refractivity contribution in [1.82, 2.24) is 5.32 Å². The maximum absolute atomic E-state index is 5.46. The fraction of sp³-hybridized carbons (Fsp3) is 0.692. The van der Waals surface area contributed by atoms with Crippen LogP contribution in [0.3, 0.4) is 0 Å². The van der Waals surface area contributed by atoms with Gasteiger partial charge in [-0.05, 0) is 33.1 Å². The van der Waals surface area contributed by atoms with Crippen LogP contribution in [0.5, 0.6) is 0 Å². The fourth-order valence-corrected chi connectivity index (χ4v) is 1.79. The molecule has 0 aromatic carbocycles. The molecule has 0 spiro atoms. The molecule has 1 aliphatic carbocycles. The molecule has 0 bridgehead atoms. The van der Waals surface area contributed by atoms with Crippen LogP contribution in [0.1, 0.15) is 46.0 Å². The largest absolute Gasteiger partial charge is 0.295 e. The molecule has 1 N–H and O–H groups in total. The standard InChI is InChI=1S/C13H21N/c1-4-13(2,3)14-12-10-8-6-5-7-9-11-12/h1,8,10,12,14H,5-7,9,11H2,2-3H3/b10-8-. The van der Waals surface area contributed by atoms with E-state index < -0.39 is 0 Å². The molecule has 1 nitrogen and oxygen atoms in total. The molecule has 0 amide bonds. The molecular formula is C13H21N. The summed E-state index contributed by atoms with van der Waals surface area (Å²) in [5.74, 6) is 2.78. The molecule has 1 heteroatoms. The molecular weight excluding hydrogens is 170 g/mol. The Labute approximate surface area is 88.0 Å². The van der Waals surface area contributed by atoms with Gasteiger partial charge in [0.2, 0.25) is 0 Å². The van der Waals surface area contributed by atoms with Crippen molar-refractivity contribution in [1.29, 1.82) is 0 Å². The SMILES string of the molecule is C#CC(C)(C)NC1/C=C\CCCCC1. The van der Waals surface area contributed by atoms with Gasteiger partial charge in [0.15, 0.2) is 0 Å². The van der Waals surface area contributed by atoms with Gasteiger partial charge in [-0.25, -0.2) is 0 Å². The molecule has 0 aliphatic heterocycles. The van der Waals surface area contributed by atoms with Crippen molar-refractivity contribution in [2.75, 3.05) is 0 Å².